The van der Waals surface area contributed by atoms with E-state index < -0.39 is 0 Å². The number of hydrogen-bond donors (Lipinski definition) is 0. The summed E-state index contributed by atoms with van der Waals surface area (Å²) in [6, 6.07) is 13.8. The van der Waals surface area contributed by atoms with Crippen LogP contribution >= 0.6 is 0 Å². The average Bonchev–Trinajstić information content (AvgIpc) is 2.62. The zero-order chi connectivity index (χ0) is 18.2. The van der Waals surface area contributed by atoms with E-state index in [4.69, 9.17) is 9.47 Å². The molecule has 2 aromatic carbocycles. The molecule has 0 fully saturated rings. The molecule has 0 radical (unpaired) electrons. The Morgan fingerprint density at radius 1 is 1.04 bits per heavy atom. The highest BCUT2D eigenvalue weighted by molar-refractivity contribution is 6.09. The lowest BCUT2D eigenvalue weighted by molar-refractivity contribution is -0.144. The van der Waals surface area contributed by atoms with Crippen molar-refractivity contribution in [2.75, 3.05) is 6.61 Å². The molecule has 0 aliphatic heterocycles. The second-order valence-corrected chi connectivity index (χ2v) is 5.50. The quantitative estimate of drug-likeness (QED) is 0.415. The van der Waals surface area contributed by atoms with E-state index in [1.54, 1.807) is 62.4 Å². The molecule has 5 heteroatoms. The molecule has 130 valence electrons. The van der Waals surface area contributed by atoms with Crippen LogP contribution in [0, 0.1) is 0 Å². The van der Waals surface area contributed by atoms with E-state index >= 15 is 0 Å². The minimum Gasteiger partial charge on any atom is -0.490 e. The minimum absolute atomic E-state index is 0.0817. The van der Waals surface area contributed by atoms with Crippen molar-refractivity contribution >= 4 is 24.2 Å². The van der Waals surface area contributed by atoms with Gasteiger partial charge in [-0.1, -0.05) is 0 Å². The molecule has 2 rings (SSSR count). The van der Waals surface area contributed by atoms with Gasteiger partial charge >= 0.3 is 5.97 Å². The van der Waals surface area contributed by atoms with Gasteiger partial charge in [-0.05, 0) is 69.1 Å². The van der Waals surface area contributed by atoms with E-state index in [9.17, 15) is 9.59 Å². The summed E-state index contributed by atoms with van der Waals surface area (Å²) in [6.07, 6.45) is -0.127. The molecule has 0 N–H and O–H groups in total. The Labute approximate surface area is 147 Å². The Bertz CT molecular complexity index is 735. The monoisotopic (exact) mass is 339 g/mol. The number of esters is 1. The third kappa shape index (κ3) is 5.28. The first-order valence-electron chi connectivity index (χ1n) is 8.07. The molecule has 1 atom stereocenters. The molecule has 0 aliphatic rings. The predicted octanol–water partition coefficient (Wildman–Crippen LogP) is 3.97. The van der Waals surface area contributed by atoms with Gasteiger partial charge in [0.25, 0.3) is 0 Å². The van der Waals surface area contributed by atoms with Crippen molar-refractivity contribution in [3.63, 3.8) is 0 Å². The first kappa shape index (κ1) is 18.4. The Hall–Kier alpha value is -2.95. The maximum absolute atomic E-state index is 12.4. The van der Waals surface area contributed by atoms with Crippen LogP contribution in [0.15, 0.2) is 53.5 Å². The van der Waals surface area contributed by atoms with Gasteiger partial charge in [-0.25, -0.2) is 0 Å². The summed E-state index contributed by atoms with van der Waals surface area (Å²) in [5, 5.41) is 0. The van der Waals surface area contributed by atoms with Crippen LogP contribution < -0.4 is 4.74 Å². The first-order valence-corrected chi connectivity index (χ1v) is 8.07. The lowest BCUT2D eigenvalue weighted by atomic mass is 10.0. The highest BCUT2D eigenvalue weighted by Gasteiger charge is 2.13. The molecule has 2 aromatic rings. The molecule has 0 amide bonds. The van der Waals surface area contributed by atoms with Gasteiger partial charge in [-0.3, -0.25) is 14.6 Å². The van der Waals surface area contributed by atoms with E-state index in [2.05, 4.69) is 11.7 Å². The van der Waals surface area contributed by atoms with Crippen molar-refractivity contribution in [3.05, 3.63) is 59.7 Å². The molecule has 0 aliphatic carbocycles. The summed E-state index contributed by atoms with van der Waals surface area (Å²) >= 11 is 0. The van der Waals surface area contributed by atoms with E-state index in [1.807, 2.05) is 0 Å². The Kier molecular flexibility index (Phi) is 6.46. The Morgan fingerprint density at radius 2 is 1.60 bits per heavy atom. The van der Waals surface area contributed by atoms with E-state index in [-0.39, 0.29) is 24.3 Å². The van der Waals surface area contributed by atoms with Crippen molar-refractivity contribution < 1.29 is 19.1 Å². The molecule has 0 spiro atoms. The molecule has 1 unspecified atom stereocenters. The fourth-order valence-electron chi connectivity index (χ4n) is 2.30. The van der Waals surface area contributed by atoms with E-state index in [0.29, 0.717) is 23.5 Å². The second kappa shape index (κ2) is 8.78. The van der Waals surface area contributed by atoms with Gasteiger partial charge in [-0.2, -0.15) is 0 Å². The number of nitrogens with zero attached hydrogens (tertiary/aromatic N) is 1. The Balaban J connectivity index is 1.99. The van der Waals surface area contributed by atoms with Gasteiger partial charge < -0.3 is 9.47 Å². The number of carbonyl (C=O) groups is 2. The summed E-state index contributed by atoms with van der Waals surface area (Å²) in [4.78, 5) is 27.7. The summed E-state index contributed by atoms with van der Waals surface area (Å²) in [6.45, 7) is 7.36. The molecule has 0 saturated carbocycles. The molecule has 0 bridgehead atoms. The second-order valence-electron chi connectivity index (χ2n) is 5.50. The zero-order valence-corrected chi connectivity index (χ0v) is 14.4. The fraction of sp³-hybridized carbons (Fsp3) is 0.250. The van der Waals surface area contributed by atoms with Gasteiger partial charge in [0.2, 0.25) is 0 Å². The SMILES string of the molecule is C=Nc1ccc(C(=O)c2ccc(OC(C)CC(=O)OCC)cc2)cc1. The maximum Gasteiger partial charge on any atom is 0.309 e. The fourth-order valence-corrected chi connectivity index (χ4v) is 2.30. The lowest BCUT2D eigenvalue weighted by Crippen LogP contribution is -2.18. The van der Waals surface area contributed by atoms with Crippen molar-refractivity contribution in [1.29, 1.82) is 0 Å². The van der Waals surface area contributed by atoms with Gasteiger partial charge in [0.05, 0.1) is 18.7 Å². The number of aliphatic imine (C=N–C) groups is 1. The largest absolute Gasteiger partial charge is 0.490 e. The predicted molar refractivity (Wildman–Crippen MR) is 96.9 cm³/mol. The molecule has 0 aromatic heterocycles. The van der Waals surface area contributed by atoms with Crippen LogP contribution in [0.3, 0.4) is 0 Å². The standard InChI is InChI=1S/C20H21NO4/c1-4-24-19(22)13-14(2)25-18-11-7-16(8-12-18)20(23)15-5-9-17(21-3)10-6-15/h5-12,14H,3-4,13H2,1-2H3. The summed E-state index contributed by atoms with van der Waals surface area (Å²) in [5.74, 6) is 0.223. The number of hydrogen-bond acceptors (Lipinski definition) is 5. The molecule has 5 nitrogen and oxygen atoms in total. The summed E-state index contributed by atoms with van der Waals surface area (Å²) < 4.78 is 10.6. The molecular weight excluding hydrogens is 318 g/mol. The number of benzene rings is 2. The van der Waals surface area contributed by atoms with Crippen molar-refractivity contribution in [2.45, 2.75) is 26.4 Å². The number of carbonyl (C=O) groups excluding carboxylic acids is 2. The minimum atomic E-state index is -0.306. The zero-order valence-electron chi connectivity index (χ0n) is 14.4. The van der Waals surface area contributed by atoms with Crippen LogP contribution in [0.25, 0.3) is 0 Å². The van der Waals surface area contributed by atoms with Crippen LogP contribution in [0.2, 0.25) is 0 Å². The van der Waals surface area contributed by atoms with Crippen LogP contribution in [-0.4, -0.2) is 31.2 Å². The number of ketones is 1. The van der Waals surface area contributed by atoms with Gasteiger partial charge in [-0.15, -0.1) is 0 Å². The third-order valence-corrected chi connectivity index (χ3v) is 3.53. The van der Waals surface area contributed by atoms with Gasteiger partial charge in [0.15, 0.2) is 5.78 Å². The number of rotatable bonds is 8. The molecular formula is C20H21NO4. The van der Waals surface area contributed by atoms with Gasteiger partial charge in [0.1, 0.15) is 11.9 Å². The van der Waals surface area contributed by atoms with Crippen LogP contribution in [0.1, 0.15) is 36.2 Å². The summed E-state index contributed by atoms with van der Waals surface area (Å²) in [5.41, 5.74) is 1.86. The van der Waals surface area contributed by atoms with E-state index in [1.165, 1.54) is 0 Å². The van der Waals surface area contributed by atoms with E-state index in [0.717, 1.165) is 5.69 Å². The van der Waals surface area contributed by atoms with Crippen LogP contribution in [0.4, 0.5) is 5.69 Å². The highest BCUT2D eigenvalue weighted by Crippen LogP contribution is 2.19. The smallest absolute Gasteiger partial charge is 0.309 e. The molecule has 0 heterocycles. The topological polar surface area (TPSA) is 65.0 Å². The highest BCUT2D eigenvalue weighted by atomic mass is 16.5. The third-order valence-electron chi connectivity index (χ3n) is 3.53. The van der Waals surface area contributed by atoms with Crippen molar-refractivity contribution in [3.8, 4) is 5.75 Å². The van der Waals surface area contributed by atoms with Gasteiger partial charge in [0, 0.05) is 11.1 Å². The van der Waals surface area contributed by atoms with Crippen LogP contribution in [-0.2, 0) is 9.53 Å². The normalized spacial score (nSPS) is 11.4. The number of ether oxygens (including phenoxy) is 2. The summed E-state index contributed by atoms with van der Waals surface area (Å²) in [7, 11) is 0. The first-order chi connectivity index (χ1) is 12.0. The van der Waals surface area contributed by atoms with Crippen molar-refractivity contribution in [2.24, 2.45) is 4.99 Å². The lowest BCUT2D eigenvalue weighted by Gasteiger charge is -2.14. The average molecular weight is 339 g/mol. The van der Waals surface area contributed by atoms with Crippen molar-refractivity contribution in [1.82, 2.24) is 0 Å². The molecule has 25 heavy (non-hydrogen) atoms. The maximum atomic E-state index is 12.4. The molecule has 0 saturated heterocycles. The van der Waals surface area contributed by atoms with Crippen LogP contribution in [0.5, 0.6) is 5.75 Å². The Morgan fingerprint density at radius 3 is 2.12 bits per heavy atom.